The van der Waals surface area contributed by atoms with Crippen molar-refractivity contribution >= 4 is 53.6 Å². The number of hydrogen-bond donors (Lipinski definition) is 3. The maximum Gasteiger partial charge on any atom is 0.261 e. The molecule has 3 aromatic rings. The second kappa shape index (κ2) is 15.1. The minimum Gasteiger partial charge on any atom is -0.357 e. The van der Waals surface area contributed by atoms with Crippen LogP contribution in [0.4, 0.5) is 0 Å². The molecule has 13 heteroatoms. The quantitative estimate of drug-likeness (QED) is 0.112. The van der Waals surface area contributed by atoms with Crippen LogP contribution in [0, 0.1) is 17.3 Å². The topological polar surface area (TPSA) is 170 Å². The van der Waals surface area contributed by atoms with Gasteiger partial charge in [-0.15, -0.1) is 0 Å². The highest BCUT2D eigenvalue weighted by atomic mass is 31.2. The van der Waals surface area contributed by atoms with Gasteiger partial charge in [-0.25, -0.2) is 0 Å². The summed E-state index contributed by atoms with van der Waals surface area (Å²) in [5.41, 5.74) is -0.839. The second-order valence-corrected chi connectivity index (χ2v) is 17.6. The number of imide groups is 2. The van der Waals surface area contributed by atoms with Crippen LogP contribution in [0.25, 0.3) is 10.8 Å². The average molecular weight is 731 g/mol. The average Bonchev–Trinajstić information content (AvgIpc) is 3.34. The molecule has 0 saturated heterocycles. The molecular formula is C39H47N4O8P. The van der Waals surface area contributed by atoms with E-state index in [1.54, 1.807) is 81.4 Å². The lowest BCUT2D eigenvalue weighted by Gasteiger charge is -2.37. The first-order valence-electron chi connectivity index (χ1n) is 17.6. The van der Waals surface area contributed by atoms with Crippen molar-refractivity contribution in [2.45, 2.75) is 72.0 Å². The van der Waals surface area contributed by atoms with E-state index in [4.69, 9.17) is 0 Å². The molecule has 6 amide bonds. The molecule has 4 atom stereocenters. The standard InChI is InChI=1S/C39H47N4O8P/c1-23(2)21-29(33(44)41-32(34(45)40-6)39(3,4)5)30(19-9-10-20-42-35(46)25-15-7-8-16-26(25)36(42)47)52(50,51)22-43-37(48)27-17-11-13-24-14-12-18-28(31(24)27)38(43)49/h7-8,11-18,23,29-30,32H,9-10,19-22H2,1-6H3,(H,40,45)(H,41,44)(H,50,51)/t29?,30?,32-/m1/s1. The van der Waals surface area contributed by atoms with Crippen molar-refractivity contribution in [3.63, 3.8) is 0 Å². The van der Waals surface area contributed by atoms with E-state index in [0.29, 0.717) is 21.9 Å². The molecule has 2 aliphatic rings. The normalized spacial score (nSPS) is 17.2. The number of carbonyl (C=O) groups excluding carboxylic acids is 6. The predicted octanol–water partition coefficient (Wildman–Crippen LogP) is 5.44. The largest absolute Gasteiger partial charge is 0.357 e. The molecule has 2 aliphatic heterocycles. The molecule has 0 saturated carbocycles. The number of nitrogens with zero attached hydrogens (tertiary/aromatic N) is 2. The van der Waals surface area contributed by atoms with E-state index in [9.17, 15) is 38.2 Å². The zero-order chi connectivity index (χ0) is 38.1. The highest BCUT2D eigenvalue weighted by molar-refractivity contribution is 7.58. The van der Waals surface area contributed by atoms with Gasteiger partial charge in [-0.3, -0.25) is 43.1 Å². The fourth-order valence-electron chi connectivity index (χ4n) is 7.28. The Morgan fingerprint density at radius 3 is 1.79 bits per heavy atom. The Bertz CT molecular complexity index is 1900. The summed E-state index contributed by atoms with van der Waals surface area (Å²) < 4.78 is 14.8. The molecule has 0 spiro atoms. The van der Waals surface area contributed by atoms with E-state index in [0.717, 1.165) is 9.80 Å². The van der Waals surface area contributed by atoms with Crippen LogP contribution in [-0.4, -0.2) is 81.7 Å². The van der Waals surface area contributed by atoms with E-state index in [1.807, 2.05) is 13.8 Å². The number of fused-ring (bicyclic) bond motifs is 1. The summed E-state index contributed by atoms with van der Waals surface area (Å²) in [5.74, 6) is -4.46. The number of carbonyl (C=O) groups is 6. The summed E-state index contributed by atoms with van der Waals surface area (Å²) in [7, 11) is -3.12. The van der Waals surface area contributed by atoms with Crippen LogP contribution in [-0.2, 0) is 14.2 Å². The first-order chi connectivity index (χ1) is 24.5. The van der Waals surface area contributed by atoms with Crippen molar-refractivity contribution in [1.29, 1.82) is 0 Å². The van der Waals surface area contributed by atoms with Crippen molar-refractivity contribution in [2.75, 3.05) is 19.9 Å². The molecule has 3 aromatic carbocycles. The smallest absolute Gasteiger partial charge is 0.261 e. The first-order valence-corrected chi connectivity index (χ1v) is 19.6. The van der Waals surface area contributed by atoms with Crippen molar-refractivity contribution in [2.24, 2.45) is 17.3 Å². The fraction of sp³-hybridized carbons (Fsp3) is 0.436. The monoisotopic (exact) mass is 730 g/mol. The number of rotatable bonds is 14. The lowest BCUT2D eigenvalue weighted by Crippen LogP contribution is -2.55. The molecule has 3 N–H and O–H groups in total. The van der Waals surface area contributed by atoms with Crippen LogP contribution < -0.4 is 10.6 Å². The van der Waals surface area contributed by atoms with Crippen LogP contribution in [0.15, 0.2) is 60.7 Å². The third-order valence-electron chi connectivity index (χ3n) is 9.92. The van der Waals surface area contributed by atoms with Gasteiger partial charge in [0.25, 0.3) is 23.6 Å². The number of amides is 6. The molecule has 276 valence electrons. The van der Waals surface area contributed by atoms with Crippen LogP contribution in [0.5, 0.6) is 0 Å². The highest BCUT2D eigenvalue weighted by Gasteiger charge is 2.46. The molecular weight excluding hydrogens is 683 g/mol. The Morgan fingerprint density at radius 2 is 1.29 bits per heavy atom. The lowest BCUT2D eigenvalue weighted by atomic mass is 9.84. The Labute approximate surface area is 303 Å². The number of nitrogens with one attached hydrogen (secondary N) is 2. The zero-order valence-corrected chi connectivity index (χ0v) is 31.4. The van der Waals surface area contributed by atoms with Gasteiger partial charge in [0, 0.05) is 35.8 Å². The molecule has 0 aliphatic carbocycles. The van der Waals surface area contributed by atoms with Crippen LogP contribution in [0.3, 0.4) is 0 Å². The second-order valence-electron chi connectivity index (χ2n) is 15.2. The van der Waals surface area contributed by atoms with Gasteiger partial charge in [-0.2, -0.15) is 0 Å². The predicted molar refractivity (Wildman–Crippen MR) is 197 cm³/mol. The minimum absolute atomic E-state index is 0.00427. The minimum atomic E-state index is -4.58. The van der Waals surface area contributed by atoms with Gasteiger partial charge in [0.1, 0.15) is 12.3 Å². The van der Waals surface area contributed by atoms with E-state index >= 15 is 0 Å². The Morgan fingerprint density at radius 1 is 0.769 bits per heavy atom. The lowest BCUT2D eigenvalue weighted by molar-refractivity contribution is -0.133. The molecule has 0 bridgehead atoms. The molecule has 0 aromatic heterocycles. The number of benzene rings is 3. The molecule has 12 nitrogen and oxygen atoms in total. The Hall–Kier alpha value is -4.67. The summed E-state index contributed by atoms with van der Waals surface area (Å²) in [5, 5.41) is 6.59. The van der Waals surface area contributed by atoms with Gasteiger partial charge in [-0.1, -0.05) is 77.4 Å². The summed E-state index contributed by atoms with van der Waals surface area (Å²) in [4.78, 5) is 94.7. The third kappa shape index (κ3) is 7.59. The molecule has 2 heterocycles. The molecule has 3 unspecified atom stereocenters. The maximum absolute atomic E-state index is 14.8. The fourth-order valence-corrected chi connectivity index (χ4v) is 9.56. The van der Waals surface area contributed by atoms with E-state index in [2.05, 4.69) is 10.6 Å². The van der Waals surface area contributed by atoms with Gasteiger partial charge in [0.2, 0.25) is 19.2 Å². The first kappa shape index (κ1) is 38.6. The highest BCUT2D eigenvalue weighted by Crippen LogP contribution is 2.54. The van der Waals surface area contributed by atoms with Crippen LogP contribution in [0.2, 0.25) is 0 Å². The Kier molecular flexibility index (Phi) is 11.2. The van der Waals surface area contributed by atoms with E-state index < -0.39 is 72.1 Å². The van der Waals surface area contributed by atoms with Gasteiger partial charge in [0.15, 0.2) is 0 Å². The SMILES string of the molecule is CNC(=O)[C@@H](NC(=O)C(CC(C)C)C(CCCCN1C(=O)c2ccccc2C1=O)P(=O)(O)CN1C(=O)c2cccc3cccc(c23)C1=O)C(C)(C)C. The number of hydrogen-bond acceptors (Lipinski definition) is 7. The summed E-state index contributed by atoms with van der Waals surface area (Å²) in [6.45, 7) is 9.19. The third-order valence-corrected chi connectivity index (χ3v) is 12.3. The van der Waals surface area contributed by atoms with Crippen LogP contribution in [0.1, 0.15) is 102 Å². The van der Waals surface area contributed by atoms with Crippen molar-refractivity contribution in [3.8, 4) is 0 Å². The van der Waals surface area contributed by atoms with E-state index in [1.165, 1.54) is 7.05 Å². The molecule has 0 fully saturated rings. The molecule has 5 rings (SSSR count). The van der Waals surface area contributed by atoms with Crippen LogP contribution >= 0.6 is 7.37 Å². The molecule has 52 heavy (non-hydrogen) atoms. The van der Waals surface area contributed by atoms with Gasteiger partial charge in [0.05, 0.1) is 17.0 Å². The Balaban J connectivity index is 1.45. The van der Waals surface area contributed by atoms with E-state index in [-0.39, 0.29) is 49.3 Å². The summed E-state index contributed by atoms with van der Waals surface area (Å²) >= 11 is 0. The van der Waals surface area contributed by atoms with Gasteiger partial charge >= 0.3 is 0 Å². The molecule has 0 radical (unpaired) electrons. The van der Waals surface area contributed by atoms with Gasteiger partial charge in [-0.05, 0) is 60.2 Å². The number of likely N-dealkylation sites (N-methyl/N-ethyl adjacent to an activating group) is 1. The zero-order valence-electron chi connectivity index (χ0n) is 30.5. The summed E-state index contributed by atoms with van der Waals surface area (Å²) in [6.07, 6.45) is -0.124. The summed E-state index contributed by atoms with van der Waals surface area (Å²) in [6, 6.07) is 15.7. The van der Waals surface area contributed by atoms with Crippen molar-refractivity contribution < 1.29 is 38.2 Å². The van der Waals surface area contributed by atoms with Crippen molar-refractivity contribution in [3.05, 3.63) is 82.9 Å². The van der Waals surface area contributed by atoms with Crippen molar-refractivity contribution in [1.82, 2.24) is 20.4 Å². The van der Waals surface area contributed by atoms with Gasteiger partial charge < -0.3 is 15.5 Å². The number of unbranched alkanes of at least 4 members (excludes halogenated alkanes) is 1. The maximum atomic E-state index is 14.8.